The van der Waals surface area contributed by atoms with Crippen LogP contribution in [0.5, 0.6) is 0 Å². The molecule has 0 spiro atoms. The van der Waals surface area contributed by atoms with Crippen LogP contribution in [0.1, 0.15) is 45.2 Å². The standard InChI is InChI=1S/C31H39N3O7/c1-6-13-25-18-34(26(35)22(2)32-28(37)41-30(3,4)5)21-31(25,27(36)39-19-23-14-9-7-10-15-23)33-29(38)40-20-24-16-11-8-12-17-24/h6-12,14-17,22,25H,1,13,18-21H2,2-5H3,(H,32,37)(H,33,38)/t22-,25-,31-/m0/s1. The molecule has 0 aliphatic carbocycles. The third kappa shape index (κ3) is 8.83. The molecule has 220 valence electrons. The summed E-state index contributed by atoms with van der Waals surface area (Å²) in [5.41, 5.74) is -0.810. The molecule has 0 radical (unpaired) electrons. The highest BCUT2D eigenvalue weighted by molar-refractivity contribution is 5.91. The zero-order valence-corrected chi connectivity index (χ0v) is 24.1. The minimum Gasteiger partial charge on any atom is -0.459 e. The van der Waals surface area contributed by atoms with E-state index in [1.807, 2.05) is 60.7 Å². The molecule has 1 saturated heterocycles. The lowest BCUT2D eigenvalue weighted by molar-refractivity contribution is -0.154. The Kier molecular flexibility index (Phi) is 10.5. The van der Waals surface area contributed by atoms with Crippen molar-refractivity contribution in [3.8, 4) is 0 Å². The largest absolute Gasteiger partial charge is 0.459 e. The molecule has 10 heteroatoms. The number of carbonyl (C=O) groups excluding carboxylic acids is 4. The van der Waals surface area contributed by atoms with Crippen molar-refractivity contribution in [2.24, 2.45) is 5.92 Å². The summed E-state index contributed by atoms with van der Waals surface area (Å²) in [7, 11) is 0. The van der Waals surface area contributed by atoms with Gasteiger partial charge in [-0.15, -0.1) is 6.58 Å². The molecule has 0 aromatic heterocycles. The highest BCUT2D eigenvalue weighted by Gasteiger charge is 2.56. The molecule has 1 heterocycles. The van der Waals surface area contributed by atoms with E-state index in [2.05, 4.69) is 17.2 Å². The van der Waals surface area contributed by atoms with E-state index in [-0.39, 0.29) is 26.3 Å². The van der Waals surface area contributed by atoms with E-state index in [0.717, 1.165) is 11.1 Å². The van der Waals surface area contributed by atoms with Crippen LogP contribution in [0.4, 0.5) is 9.59 Å². The van der Waals surface area contributed by atoms with Crippen LogP contribution in [-0.2, 0) is 37.0 Å². The van der Waals surface area contributed by atoms with Crippen molar-refractivity contribution >= 4 is 24.1 Å². The van der Waals surface area contributed by atoms with Gasteiger partial charge in [-0.2, -0.15) is 0 Å². The predicted octanol–water partition coefficient (Wildman–Crippen LogP) is 4.34. The van der Waals surface area contributed by atoms with Crippen molar-refractivity contribution < 1.29 is 33.4 Å². The number of esters is 1. The van der Waals surface area contributed by atoms with Gasteiger partial charge in [-0.05, 0) is 45.2 Å². The monoisotopic (exact) mass is 565 g/mol. The lowest BCUT2D eigenvalue weighted by Gasteiger charge is -2.32. The second kappa shape index (κ2) is 13.8. The van der Waals surface area contributed by atoms with E-state index in [0.29, 0.717) is 6.42 Å². The molecular formula is C31H39N3O7. The Labute approximate surface area is 241 Å². The first-order chi connectivity index (χ1) is 19.4. The number of nitrogens with one attached hydrogen (secondary N) is 2. The van der Waals surface area contributed by atoms with Gasteiger partial charge >= 0.3 is 18.2 Å². The summed E-state index contributed by atoms with van der Waals surface area (Å²) in [4.78, 5) is 53.9. The van der Waals surface area contributed by atoms with Gasteiger partial charge in [-0.3, -0.25) is 4.79 Å². The highest BCUT2D eigenvalue weighted by atomic mass is 16.6. The van der Waals surface area contributed by atoms with E-state index in [4.69, 9.17) is 14.2 Å². The third-order valence-corrected chi connectivity index (χ3v) is 6.56. The lowest BCUT2D eigenvalue weighted by Crippen LogP contribution is -2.61. The van der Waals surface area contributed by atoms with E-state index in [1.165, 1.54) is 11.8 Å². The van der Waals surface area contributed by atoms with Crippen LogP contribution < -0.4 is 10.6 Å². The number of hydrogen-bond donors (Lipinski definition) is 2. The van der Waals surface area contributed by atoms with Gasteiger partial charge in [0.2, 0.25) is 5.91 Å². The van der Waals surface area contributed by atoms with Crippen LogP contribution in [0.15, 0.2) is 73.3 Å². The first-order valence-corrected chi connectivity index (χ1v) is 13.5. The normalized spacial score (nSPS) is 19.0. The molecule has 2 aromatic carbocycles. The molecule has 1 aliphatic heterocycles. The second-order valence-electron chi connectivity index (χ2n) is 11.0. The van der Waals surface area contributed by atoms with Gasteiger partial charge in [0.05, 0.1) is 6.54 Å². The number of carbonyl (C=O) groups is 4. The maximum absolute atomic E-state index is 13.8. The van der Waals surface area contributed by atoms with Gasteiger partial charge in [0.25, 0.3) is 0 Å². The highest BCUT2D eigenvalue weighted by Crippen LogP contribution is 2.33. The van der Waals surface area contributed by atoms with Crippen molar-refractivity contribution in [2.75, 3.05) is 13.1 Å². The van der Waals surface area contributed by atoms with Gasteiger partial charge in [0, 0.05) is 12.5 Å². The van der Waals surface area contributed by atoms with Crippen LogP contribution in [0, 0.1) is 5.92 Å². The fourth-order valence-corrected chi connectivity index (χ4v) is 4.60. The SMILES string of the molecule is C=CC[C@H]1CN(C(=O)[C@H](C)NC(=O)OC(C)(C)C)C[C@@]1(NC(=O)OCc1ccccc1)C(=O)OCc1ccccc1. The Morgan fingerprint density at radius 2 is 1.54 bits per heavy atom. The molecule has 2 N–H and O–H groups in total. The van der Waals surface area contributed by atoms with Crippen LogP contribution in [0.3, 0.4) is 0 Å². The summed E-state index contributed by atoms with van der Waals surface area (Å²) < 4.78 is 16.4. The Bertz CT molecular complexity index is 1210. The Balaban J connectivity index is 1.82. The Morgan fingerprint density at radius 1 is 0.976 bits per heavy atom. The minimum atomic E-state index is -1.61. The molecule has 41 heavy (non-hydrogen) atoms. The summed E-state index contributed by atoms with van der Waals surface area (Å²) in [6.07, 6.45) is 0.360. The van der Waals surface area contributed by atoms with Crippen molar-refractivity contribution in [2.45, 2.75) is 64.5 Å². The molecule has 0 saturated carbocycles. The first kappa shape index (κ1) is 31.2. The number of hydrogen-bond acceptors (Lipinski definition) is 7. The van der Waals surface area contributed by atoms with Crippen LogP contribution in [0.2, 0.25) is 0 Å². The fraction of sp³-hybridized carbons (Fsp3) is 0.419. The summed E-state index contributed by atoms with van der Waals surface area (Å²) in [6, 6.07) is 17.3. The van der Waals surface area contributed by atoms with Gasteiger partial charge in [0.1, 0.15) is 24.9 Å². The van der Waals surface area contributed by atoms with Gasteiger partial charge in [-0.25, -0.2) is 14.4 Å². The third-order valence-electron chi connectivity index (χ3n) is 6.56. The Morgan fingerprint density at radius 3 is 2.07 bits per heavy atom. The Hall–Kier alpha value is -4.34. The topological polar surface area (TPSA) is 123 Å². The molecule has 0 unspecified atom stereocenters. The quantitative estimate of drug-likeness (QED) is 0.250. The van der Waals surface area contributed by atoms with E-state index >= 15 is 0 Å². The molecule has 3 amide bonds. The van der Waals surface area contributed by atoms with Crippen LogP contribution >= 0.6 is 0 Å². The van der Waals surface area contributed by atoms with Crippen molar-refractivity contribution in [1.82, 2.24) is 15.5 Å². The molecule has 0 bridgehead atoms. The minimum absolute atomic E-state index is 0.00652. The zero-order chi connectivity index (χ0) is 30.0. The van der Waals surface area contributed by atoms with Crippen molar-refractivity contribution in [3.05, 3.63) is 84.4 Å². The summed E-state index contributed by atoms with van der Waals surface area (Å²) in [5, 5.41) is 5.28. The number of likely N-dealkylation sites (tertiary alicyclic amines) is 1. The molecule has 2 aromatic rings. The smallest absolute Gasteiger partial charge is 0.408 e. The number of ether oxygens (including phenoxy) is 3. The molecule has 3 atom stereocenters. The molecular weight excluding hydrogens is 526 g/mol. The molecule has 1 fully saturated rings. The first-order valence-electron chi connectivity index (χ1n) is 13.5. The molecule has 10 nitrogen and oxygen atoms in total. The molecule has 1 aliphatic rings. The van der Waals surface area contributed by atoms with Crippen molar-refractivity contribution in [1.29, 1.82) is 0 Å². The van der Waals surface area contributed by atoms with E-state index in [9.17, 15) is 19.2 Å². The average Bonchev–Trinajstić information content (AvgIpc) is 3.29. The van der Waals surface area contributed by atoms with Gasteiger partial charge in [0.15, 0.2) is 5.54 Å². The van der Waals surface area contributed by atoms with Gasteiger partial charge in [-0.1, -0.05) is 66.7 Å². The second-order valence-corrected chi connectivity index (χ2v) is 11.0. The van der Waals surface area contributed by atoms with Gasteiger partial charge < -0.3 is 29.7 Å². The van der Waals surface area contributed by atoms with Crippen molar-refractivity contribution in [3.63, 3.8) is 0 Å². The zero-order valence-electron chi connectivity index (χ0n) is 24.1. The number of nitrogens with zero attached hydrogens (tertiary/aromatic N) is 1. The predicted molar refractivity (Wildman–Crippen MR) is 152 cm³/mol. The van der Waals surface area contributed by atoms with E-state index in [1.54, 1.807) is 26.8 Å². The number of allylic oxidation sites excluding steroid dienone is 1. The number of amides is 3. The summed E-state index contributed by atoms with van der Waals surface area (Å²) in [5.74, 6) is -1.71. The number of alkyl carbamates (subject to hydrolysis) is 2. The molecule has 3 rings (SSSR count). The number of rotatable bonds is 10. The average molecular weight is 566 g/mol. The maximum Gasteiger partial charge on any atom is 0.408 e. The summed E-state index contributed by atoms with van der Waals surface area (Å²) >= 11 is 0. The maximum atomic E-state index is 13.8. The summed E-state index contributed by atoms with van der Waals surface area (Å²) in [6.45, 7) is 10.4. The number of benzene rings is 2. The van der Waals surface area contributed by atoms with Crippen LogP contribution in [0.25, 0.3) is 0 Å². The fourth-order valence-electron chi connectivity index (χ4n) is 4.60. The van der Waals surface area contributed by atoms with E-state index < -0.39 is 47.2 Å². The lowest BCUT2D eigenvalue weighted by atomic mass is 9.84. The van der Waals surface area contributed by atoms with Crippen LogP contribution in [-0.4, -0.2) is 59.2 Å².